The molecule has 0 saturated carbocycles. The van der Waals surface area contributed by atoms with Crippen LogP contribution in [0.2, 0.25) is 0 Å². The van der Waals surface area contributed by atoms with E-state index in [0.717, 1.165) is 0 Å². The average Bonchev–Trinajstić information content (AvgIpc) is 2.88. The van der Waals surface area contributed by atoms with E-state index in [0.29, 0.717) is 37.8 Å². The van der Waals surface area contributed by atoms with E-state index in [1.54, 1.807) is 14.0 Å². The Balaban J connectivity index is 2.24. The van der Waals surface area contributed by atoms with Gasteiger partial charge in [-0.3, -0.25) is 4.79 Å². The van der Waals surface area contributed by atoms with Crippen LogP contribution in [0.4, 0.5) is 0 Å². The predicted octanol–water partition coefficient (Wildman–Crippen LogP) is 1.41. The predicted molar refractivity (Wildman–Crippen MR) is 62.1 cm³/mol. The van der Waals surface area contributed by atoms with Crippen molar-refractivity contribution >= 4 is 5.78 Å². The number of methoxy groups -OCH3 is 1. The molecule has 1 fully saturated rings. The molecule has 0 amide bonds. The molecule has 1 unspecified atom stereocenters. The summed E-state index contributed by atoms with van der Waals surface area (Å²) in [5.74, 6) is 0.487. The fourth-order valence-corrected chi connectivity index (χ4v) is 1.99. The summed E-state index contributed by atoms with van der Waals surface area (Å²) in [5.41, 5.74) is -0.545. The number of carbonyl (C=O) groups excluding carboxylic acids is 1. The van der Waals surface area contributed by atoms with Gasteiger partial charge in [-0.2, -0.15) is 4.98 Å². The zero-order valence-electron chi connectivity index (χ0n) is 10.9. The summed E-state index contributed by atoms with van der Waals surface area (Å²) < 4.78 is 16.1. The van der Waals surface area contributed by atoms with Crippen LogP contribution in [-0.2, 0) is 19.9 Å². The highest BCUT2D eigenvalue weighted by atomic mass is 16.5. The van der Waals surface area contributed by atoms with E-state index in [9.17, 15) is 4.79 Å². The largest absolute Gasteiger partial charge is 0.381 e. The van der Waals surface area contributed by atoms with Crippen molar-refractivity contribution in [3.05, 3.63) is 11.7 Å². The number of hydrogen-bond donors (Lipinski definition) is 0. The average molecular weight is 254 g/mol. The molecule has 1 atom stereocenters. The van der Waals surface area contributed by atoms with Crippen LogP contribution in [-0.4, -0.2) is 36.2 Å². The number of carbonyl (C=O) groups is 1. The Hall–Kier alpha value is -1.27. The number of Topliss-reactive ketones (excluding diaryl/α,β-unsaturated/α-hetero) is 1. The van der Waals surface area contributed by atoms with Crippen LogP contribution < -0.4 is 0 Å². The molecule has 1 saturated heterocycles. The number of rotatable bonds is 4. The van der Waals surface area contributed by atoms with Gasteiger partial charge in [0.15, 0.2) is 0 Å². The first kappa shape index (κ1) is 13.2. The molecule has 0 bridgehead atoms. The molecule has 1 aliphatic rings. The van der Waals surface area contributed by atoms with Gasteiger partial charge < -0.3 is 14.0 Å². The van der Waals surface area contributed by atoms with Crippen LogP contribution >= 0.6 is 0 Å². The Morgan fingerprint density at radius 2 is 2.11 bits per heavy atom. The van der Waals surface area contributed by atoms with E-state index in [2.05, 4.69) is 10.1 Å². The number of hydrogen-bond acceptors (Lipinski definition) is 6. The van der Waals surface area contributed by atoms with Crippen molar-refractivity contribution < 1.29 is 18.8 Å². The van der Waals surface area contributed by atoms with Gasteiger partial charge in [-0.05, 0) is 13.8 Å². The molecule has 18 heavy (non-hydrogen) atoms. The van der Waals surface area contributed by atoms with E-state index in [1.807, 2.05) is 0 Å². The molecule has 0 N–H and O–H groups in total. The van der Waals surface area contributed by atoms with Gasteiger partial charge in [-0.15, -0.1) is 0 Å². The molecule has 1 aliphatic heterocycles. The normalized spacial score (nSPS) is 20.6. The van der Waals surface area contributed by atoms with Crippen molar-refractivity contribution in [2.45, 2.75) is 38.2 Å². The summed E-state index contributed by atoms with van der Waals surface area (Å²) in [4.78, 5) is 15.6. The number of ketones is 1. The van der Waals surface area contributed by atoms with Crippen LogP contribution in [0.3, 0.4) is 0 Å². The first-order chi connectivity index (χ1) is 8.59. The summed E-state index contributed by atoms with van der Waals surface area (Å²) in [6.45, 7) is 4.48. The minimum Gasteiger partial charge on any atom is -0.381 e. The van der Waals surface area contributed by atoms with Gasteiger partial charge in [0.1, 0.15) is 11.4 Å². The molecule has 0 aromatic carbocycles. The molecule has 6 nitrogen and oxygen atoms in total. The summed E-state index contributed by atoms with van der Waals surface area (Å²) in [6.07, 6.45) is 1.38. The fraction of sp³-hybridized carbons (Fsp3) is 0.750. The first-order valence-corrected chi connectivity index (χ1v) is 6.06. The molecular weight excluding hydrogens is 236 g/mol. The van der Waals surface area contributed by atoms with Crippen molar-refractivity contribution in [3.63, 3.8) is 0 Å². The van der Waals surface area contributed by atoms with Gasteiger partial charge in [-0.25, -0.2) is 0 Å². The molecule has 1 aromatic heterocycles. The second-order valence-corrected chi connectivity index (χ2v) is 4.60. The molecule has 2 rings (SSSR count). The highest BCUT2D eigenvalue weighted by Crippen LogP contribution is 2.34. The summed E-state index contributed by atoms with van der Waals surface area (Å²) in [6, 6.07) is 0. The molecule has 100 valence electrons. The molecule has 1 aromatic rings. The van der Waals surface area contributed by atoms with Gasteiger partial charge in [0, 0.05) is 33.2 Å². The lowest BCUT2D eigenvalue weighted by Gasteiger charge is -2.32. The Bertz CT molecular complexity index is 423. The molecule has 0 aliphatic carbocycles. The summed E-state index contributed by atoms with van der Waals surface area (Å²) in [5, 5.41) is 3.97. The smallest absolute Gasteiger partial charge is 0.237 e. The van der Waals surface area contributed by atoms with E-state index >= 15 is 0 Å². The standard InChI is InChI=1S/C12H18N2O4/c1-8(9(2)15)10-13-11(14-18-10)12(16-3)4-6-17-7-5-12/h8H,4-7H2,1-3H3. The Kier molecular flexibility index (Phi) is 3.77. The zero-order valence-corrected chi connectivity index (χ0v) is 10.9. The Morgan fingerprint density at radius 1 is 1.44 bits per heavy atom. The second-order valence-electron chi connectivity index (χ2n) is 4.60. The Labute approximate surface area is 106 Å². The maximum atomic E-state index is 11.3. The van der Waals surface area contributed by atoms with Crippen molar-refractivity contribution in [1.82, 2.24) is 10.1 Å². The summed E-state index contributed by atoms with van der Waals surface area (Å²) in [7, 11) is 1.63. The third-order valence-corrected chi connectivity index (χ3v) is 3.52. The Morgan fingerprint density at radius 3 is 2.67 bits per heavy atom. The van der Waals surface area contributed by atoms with Crippen LogP contribution in [0.15, 0.2) is 4.52 Å². The van der Waals surface area contributed by atoms with E-state index < -0.39 is 5.60 Å². The van der Waals surface area contributed by atoms with E-state index in [1.165, 1.54) is 6.92 Å². The van der Waals surface area contributed by atoms with Gasteiger partial charge in [-0.1, -0.05) is 5.16 Å². The van der Waals surface area contributed by atoms with Crippen LogP contribution in [0, 0.1) is 0 Å². The molecular formula is C12H18N2O4. The minimum absolute atomic E-state index is 0.00337. The topological polar surface area (TPSA) is 74.5 Å². The lowest BCUT2D eigenvalue weighted by atomic mass is 9.93. The molecule has 0 radical (unpaired) electrons. The SMILES string of the molecule is COC1(c2noc(C(C)C(C)=O)n2)CCOCC1. The zero-order chi connectivity index (χ0) is 13.2. The van der Waals surface area contributed by atoms with Crippen molar-refractivity contribution in [2.75, 3.05) is 20.3 Å². The number of aromatic nitrogens is 2. The molecule has 6 heteroatoms. The van der Waals surface area contributed by atoms with Crippen molar-refractivity contribution in [3.8, 4) is 0 Å². The monoisotopic (exact) mass is 254 g/mol. The van der Waals surface area contributed by atoms with Crippen molar-refractivity contribution in [2.24, 2.45) is 0 Å². The fourth-order valence-electron chi connectivity index (χ4n) is 1.99. The highest BCUT2D eigenvalue weighted by Gasteiger charge is 2.39. The summed E-state index contributed by atoms with van der Waals surface area (Å²) >= 11 is 0. The van der Waals surface area contributed by atoms with Gasteiger partial charge >= 0.3 is 0 Å². The van der Waals surface area contributed by atoms with E-state index in [4.69, 9.17) is 14.0 Å². The minimum atomic E-state index is -0.545. The van der Waals surface area contributed by atoms with Gasteiger partial charge in [0.25, 0.3) is 0 Å². The van der Waals surface area contributed by atoms with E-state index in [-0.39, 0.29) is 11.7 Å². The lowest BCUT2D eigenvalue weighted by molar-refractivity contribution is -0.118. The quantitative estimate of drug-likeness (QED) is 0.808. The number of nitrogens with zero attached hydrogens (tertiary/aromatic N) is 2. The number of ether oxygens (including phenoxy) is 2. The van der Waals surface area contributed by atoms with Crippen LogP contribution in [0.5, 0.6) is 0 Å². The van der Waals surface area contributed by atoms with Crippen molar-refractivity contribution in [1.29, 1.82) is 0 Å². The van der Waals surface area contributed by atoms with Gasteiger partial charge in [0.05, 0.1) is 5.92 Å². The van der Waals surface area contributed by atoms with Gasteiger partial charge in [0.2, 0.25) is 11.7 Å². The first-order valence-electron chi connectivity index (χ1n) is 6.06. The molecule has 0 spiro atoms. The maximum Gasteiger partial charge on any atom is 0.237 e. The van der Waals surface area contributed by atoms with Crippen LogP contribution in [0.1, 0.15) is 44.3 Å². The molecule has 2 heterocycles. The third kappa shape index (κ3) is 2.30. The van der Waals surface area contributed by atoms with Crippen LogP contribution in [0.25, 0.3) is 0 Å². The third-order valence-electron chi connectivity index (χ3n) is 3.52. The lowest BCUT2D eigenvalue weighted by Crippen LogP contribution is -2.36. The maximum absolute atomic E-state index is 11.3. The second kappa shape index (κ2) is 5.16. The highest BCUT2D eigenvalue weighted by molar-refractivity contribution is 5.81.